The molecule has 0 bridgehead atoms. The number of carbonyl (C=O) groups is 1. The van der Waals surface area contributed by atoms with Crippen molar-refractivity contribution in [1.82, 2.24) is 9.55 Å². The minimum atomic E-state index is -1.39. The lowest BCUT2D eigenvalue weighted by Gasteiger charge is -2.19. The fourth-order valence-electron chi connectivity index (χ4n) is 3.27. The van der Waals surface area contributed by atoms with Gasteiger partial charge in [0.15, 0.2) is 11.0 Å². The van der Waals surface area contributed by atoms with Gasteiger partial charge in [0, 0.05) is 17.3 Å². The van der Waals surface area contributed by atoms with E-state index >= 15 is 0 Å². The van der Waals surface area contributed by atoms with E-state index in [0.29, 0.717) is 17.1 Å². The Hall–Kier alpha value is -3.13. The van der Waals surface area contributed by atoms with E-state index in [4.69, 9.17) is 21.1 Å². The molecule has 0 saturated heterocycles. The SMILES string of the molecule is CCc1c(C(=O)O)c(=O)c2cc(F)c(Cl)nc2n1Cc1ccc(OC)cc1OC. The van der Waals surface area contributed by atoms with Gasteiger partial charge < -0.3 is 19.1 Å². The molecular weight excluding hydrogens is 403 g/mol. The van der Waals surface area contributed by atoms with Crippen molar-refractivity contribution in [2.24, 2.45) is 0 Å². The van der Waals surface area contributed by atoms with Crippen molar-refractivity contribution in [3.8, 4) is 11.5 Å². The van der Waals surface area contributed by atoms with E-state index in [0.717, 1.165) is 6.07 Å². The van der Waals surface area contributed by atoms with Gasteiger partial charge in [-0.3, -0.25) is 4.79 Å². The van der Waals surface area contributed by atoms with Crippen LogP contribution in [0.1, 0.15) is 28.5 Å². The molecule has 2 heterocycles. The van der Waals surface area contributed by atoms with Crippen molar-refractivity contribution in [2.75, 3.05) is 14.2 Å². The molecule has 0 amide bonds. The van der Waals surface area contributed by atoms with Crippen molar-refractivity contribution in [1.29, 1.82) is 0 Å². The van der Waals surface area contributed by atoms with Gasteiger partial charge in [-0.15, -0.1) is 0 Å². The van der Waals surface area contributed by atoms with E-state index in [1.807, 2.05) is 0 Å². The van der Waals surface area contributed by atoms with E-state index in [9.17, 15) is 19.1 Å². The zero-order valence-electron chi connectivity index (χ0n) is 16.0. The van der Waals surface area contributed by atoms with Crippen LogP contribution in [0.2, 0.25) is 5.15 Å². The molecular formula is C20H18ClFN2O5. The fraction of sp³-hybridized carbons (Fsp3) is 0.250. The lowest BCUT2D eigenvalue weighted by Crippen LogP contribution is -2.25. The Kier molecular flexibility index (Phi) is 5.74. The number of carboxylic acids is 1. The average Bonchev–Trinajstić information content (AvgIpc) is 2.70. The molecule has 152 valence electrons. The highest BCUT2D eigenvalue weighted by atomic mass is 35.5. The Morgan fingerprint density at radius 2 is 2.00 bits per heavy atom. The predicted octanol–water partition coefficient (Wildman–Crippen LogP) is 3.52. The average molecular weight is 421 g/mol. The summed E-state index contributed by atoms with van der Waals surface area (Å²) in [6, 6.07) is 6.09. The number of hydrogen-bond donors (Lipinski definition) is 1. The van der Waals surface area contributed by atoms with Crippen LogP contribution < -0.4 is 14.9 Å². The summed E-state index contributed by atoms with van der Waals surface area (Å²) in [5, 5.41) is 9.06. The number of nitrogens with zero attached hydrogens (tertiary/aromatic N) is 2. The lowest BCUT2D eigenvalue weighted by molar-refractivity contribution is 0.0693. The number of ether oxygens (including phenoxy) is 2. The standard InChI is InChI=1S/C20H18ClFN2O5/c1-4-14-16(20(26)27)17(25)12-8-13(22)18(21)23-19(12)24(14)9-10-5-6-11(28-2)7-15(10)29-3/h5-8H,4,9H2,1-3H3,(H,26,27). The van der Waals surface area contributed by atoms with Crippen LogP contribution in [0, 0.1) is 5.82 Å². The summed E-state index contributed by atoms with van der Waals surface area (Å²) >= 11 is 5.85. The van der Waals surface area contributed by atoms with Gasteiger partial charge in [-0.1, -0.05) is 18.5 Å². The first-order valence-corrected chi connectivity index (χ1v) is 9.05. The minimum Gasteiger partial charge on any atom is -0.497 e. The number of rotatable bonds is 6. The number of carboxylic acid groups (broad SMARTS) is 1. The molecule has 9 heteroatoms. The molecule has 0 aliphatic rings. The van der Waals surface area contributed by atoms with Crippen molar-refractivity contribution < 1.29 is 23.8 Å². The summed E-state index contributed by atoms with van der Waals surface area (Å²) < 4.78 is 26.1. The van der Waals surface area contributed by atoms with Crippen LogP contribution in [-0.2, 0) is 13.0 Å². The van der Waals surface area contributed by atoms with Crippen molar-refractivity contribution in [3.05, 3.63) is 62.3 Å². The second kappa shape index (κ2) is 8.08. The molecule has 29 heavy (non-hydrogen) atoms. The monoisotopic (exact) mass is 420 g/mol. The van der Waals surface area contributed by atoms with E-state index in [2.05, 4.69) is 4.98 Å². The highest BCUT2D eigenvalue weighted by Crippen LogP contribution is 2.28. The number of methoxy groups -OCH3 is 2. The van der Waals surface area contributed by atoms with Gasteiger partial charge in [0.2, 0.25) is 5.43 Å². The number of halogens is 2. The molecule has 3 aromatic rings. The molecule has 0 atom stereocenters. The first kappa shape index (κ1) is 20.6. The summed E-state index contributed by atoms with van der Waals surface area (Å²) in [7, 11) is 3.02. The maximum atomic E-state index is 14.0. The molecule has 3 rings (SSSR count). The number of aromatic nitrogens is 2. The van der Waals surface area contributed by atoms with Crippen LogP contribution in [0.25, 0.3) is 11.0 Å². The number of fused-ring (bicyclic) bond motifs is 1. The quantitative estimate of drug-likeness (QED) is 0.613. The maximum absolute atomic E-state index is 14.0. The minimum absolute atomic E-state index is 0.0983. The molecule has 2 aromatic heterocycles. The first-order valence-electron chi connectivity index (χ1n) is 8.67. The molecule has 0 aliphatic carbocycles. The smallest absolute Gasteiger partial charge is 0.341 e. The summed E-state index contributed by atoms with van der Waals surface area (Å²) in [5.41, 5.74) is -0.183. The molecule has 0 spiro atoms. The second-order valence-electron chi connectivity index (χ2n) is 6.21. The van der Waals surface area contributed by atoms with Crippen molar-refractivity contribution in [2.45, 2.75) is 19.9 Å². The summed E-state index contributed by atoms with van der Waals surface area (Å²) in [4.78, 5) is 28.6. The van der Waals surface area contributed by atoms with E-state index in [1.165, 1.54) is 14.2 Å². The number of benzene rings is 1. The predicted molar refractivity (Wildman–Crippen MR) is 106 cm³/mol. The fourth-order valence-corrected chi connectivity index (χ4v) is 3.40. The Bertz CT molecular complexity index is 1180. The van der Waals surface area contributed by atoms with E-state index in [-0.39, 0.29) is 29.7 Å². The Balaban J connectivity index is 2.37. The largest absolute Gasteiger partial charge is 0.497 e. The van der Waals surface area contributed by atoms with Gasteiger partial charge in [0.25, 0.3) is 0 Å². The maximum Gasteiger partial charge on any atom is 0.341 e. The molecule has 1 aromatic carbocycles. The summed E-state index contributed by atoms with van der Waals surface area (Å²) in [6.45, 7) is 1.85. The van der Waals surface area contributed by atoms with Crippen LogP contribution in [0.3, 0.4) is 0 Å². The third-order valence-corrected chi connectivity index (χ3v) is 4.89. The summed E-state index contributed by atoms with van der Waals surface area (Å²) in [6.07, 6.45) is 0.238. The van der Waals surface area contributed by atoms with Crippen molar-refractivity contribution in [3.63, 3.8) is 0 Å². The molecule has 0 unspecified atom stereocenters. The van der Waals surface area contributed by atoms with Crippen LogP contribution >= 0.6 is 11.6 Å². The van der Waals surface area contributed by atoms with Gasteiger partial charge in [-0.25, -0.2) is 14.2 Å². The molecule has 7 nitrogen and oxygen atoms in total. The lowest BCUT2D eigenvalue weighted by atomic mass is 10.1. The van der Waals surface area contributed by atoms with Gasteiger partial charge in [0.1, 0.15) is 22.7 Å². The van der Waals surface area contributed by atoms with Gasteiger partial charge in [-0.05, 0) is 24.6 Å². The molecule has 0 saturated carbocycles. The number of hydrogen-bond acceptors (Lipinski definition) is 5. The molecule has 1 N–H and O–H groups in total. The number of aromatic carboxylic acids is 1. The van der Waals surface area contributed by atoms with E-state index < -0.39 is 27.9 Å². The van der Waals surface area contributed by atoms with Crippen LogP contribution in [0.5, 0.6) is 11.5 Å². The third kappa shape index (κ3) is 3.63. The zero-order chi connectivity index (χ0) is 21.3. The Morgan fingerprint density at radius 1 is 1.28 bits per heavy atom. The van der Waals surface area contributed by atoms with Gasteiger partial charge in [-0.2, -0.15) is 0 Å². The van der Waals surface area contributed by atoms with Crippen LogP contribution in [-0.4, -0.2) is 34.8 Å². The van der Waals surface area contributed by atoms with Gasteiger partial charge >= 0.3 is 5.97 Å². The molecule has 0 radical (unpaired) electrons. The topological polar surface area (TPSA) is 90.7 Å². The van der Waals surface area contributed by atoms with Crippen LogP contribution in [0.15, 0.2) is 29.1 Å². The molecule has 0 fully saturated rings. The first-order chi connectivity index (χ1) is 13.8. The Labute approximate surface area is 170 Å². The highest BCUT2D eigenvalue weighted by molar-refractivity contribution is 6.29. The molecule has 0 aliphatic heterocycles. The van der Waals surface area contributed by atoms with Crippen molar-refractivity contribution >= 4 is 28.6 Å². The highest BCUT2D eigenvalue weighted by Gasteiger charge is 2.23. The number of pyridine rings is 2. The van der Waals surface area contributed by atoms with Gasteiger partial charge in [0.05, 0.1) is 26.2 Å². The van der Waals surface area contributed by atoms with Crippen LogP contribution in [0.4, 0.5) is 4.39 Å². The Morgan fingerprint density at radius 3 is 2.59 bits per heavy atom. The second-order valence-corrected chi connectivity index (χ2v) is 6.56. The zero-order valence-corrected chi connectivity index (χ0v) is 16.7. The van der Waals surface area contributed by atoms with E-state index in [1.54, 1.807) is 29.7 Å². The third-order valence-electron chi connectivity index (χ3n) is 4.63. The summed E-state index contributed by atoms with van der Waals surface area (Å²) in [5.74, 6) is -1.20. The normalized spacial score (nSPS) is 10.9.